The first-order chi connectivity index (χ1) is 10.1. The van der Waals surface area contributed by atoms with Crippen molar-refractivity contribution in [2.75, 3.05) is 31.6 Å². The molecule has 1 aliphatic rings. The zero-order valence-corrected chi connectivity index (χ0v) is 14.5. The Morgan fingerprint density at radius 3 is 2.95 bits per heavy atom. The van der Waals surface area contributed by atoms with Crippen LogP contribution in [0, 0.1) is 19.8 Å². The van der Waals surface area contributed by atoms with Crippen molar-refractivity contribution in [3.8, 4) is 0 Å². The minimum atomic E-state index is 0.741. The summed E-state index contributed by atoms with van der Waals surface area (Å²) in [4.78, 5) is 7.29. The van der Waals surface area contributed by atoms with Crippen molar-refractivity contribution in [2.24, 2.45) is 5.92 Å². The van der Waals surface area contributed by atoms with Gasteiger partial charge in [0.1, 0.15) is 0 Å². The van der Waals surface area contributed by atoms with Crippen molar-refractivity contribution in [3.05, 3.63) is 33.9 Å². The van der Waals surface area contributed by atoms with Gasteiger partial charge in [-0.25, -0.2) is 0 Å². The van der Waals surface area contributed by atoms with Gasteiger partial charge >= 0.3 is 0 Å². The molecular formula is C17H22BrN3. The minimum absolute atomic E-state index is 0.741. The first kappa shape index (κ1) is 14.8. The number of benzene rings is 1. The maximum Gasteiger partial charge on any atom is 0.0727 e. The third kappa shape index (κ3) is 2.79. The fraction of sp³-hybridized carbons (Fsp3) is 0.471. The van der Waals surface area contributed by atoms with Crippen LogP contribution >= 0.6 is 15.9 Å². The number of aryl methyl sites for hydroxylation is 1. The van der Waals surface area contributed by atoms with Crippen molar-refractivity contribution in [3.63, 3.8) is 0 Å². The lowest BCUT2D eigenvalue weighted by Crippen LogP contribution is -2.25. The number of pyridine rings is 1. The van der Waals surface area contributed by atoms with E-state index in [-0.39, 0.29) is 0 Å². The lowest BCUT2D eigenvalue weighted by molar-refractivity contribution is 0.549. The molecule has 0 spiro atoms. The molecule has 1 aromatic heterocycles. The fourth-order valence-electron chi connectivity index (χ4n) is 3.33. The van der Waals surface area contributed by atoms with Crippen LogP contribution in [-0.2, 0) is 0 Å². The zero-order valence-electron chi connectivity index (χ0n) is 12.9. The Labute approximate surface area is 134 Å². The van der Waals surface area contributed by atoms with Crippen LogP contribution in [0.15, 0.2) is 22.7 Å². The maximum atomic E-state index is 4.74. The maximum absolute atomic E-state index is 4.74. The molecule has 1 N–H and O–H groups in total. The van der Waals surface area contributed by atoms with Gasteiger partial charge in [-0.3, -0.25) is 4.98 Å². The Kier molecular flexibility index (Phi) is 4.18. The highest BCUT2D eigenvalue weighted by atomic mass is 79.9. The highest BCUT2D eigenvalue weighted by Gasteiger charge is 2.25. The quantitative estimate of drug-likeness (QED) is 0.918. The standard InChI is InChI=1S/C17H22BrN3/c1-11-12(2)20-16-5-4-14(18)8-15(16)17(11)21-7-6-13(10-21)9-19-3/h4-5,8,13,19H,6-7,9-10H2,1-3H3. The molecule has 1 aliphatic heterocycles. The summed E-state index contributed by atoms with van der Waals surface area (Å²) in [5.41, 5.74) is 4.91. The number of hydrogen-bond donors (Lipinski definition) is 1. The van der Waals surface area contributed by atoms with E-state index in [4.69, 9.17) is 4.98 Å². The molecule has 0 amide bonds. The van der Waals surface area contributed by atoms with Gasteiger partial charge in [0.15, 0.2) is 0 Å². The van der Waals surface area contributed by atoms with Crippen LogP contribution in [0.5, 0.6) is 0 Å². The van der Waals surface area contributed by atoms with E-state index in [0.29, 0.717) is 0 Å². The Balaban J connectivity index is 2.08. The van der Waals surface area contributed by atoms with Gasteiger partial charge < -0.3 is 10.2 Å². The molecule has 1 saturated heterocycles. The molecule has 1 atom stereocenters. The Bertz CT molecular complexity index is 669. The van der Waals surface area contributed by atoms with Gasteiger partial charge in [-0.1, -0.05) is 15.9 Å². The van der Waals surface area contributed by atoms with Crippen molar-refractivity contribution in [1.82, 2.24) is 10.3 Å². The molecule has 2 heterocycles. The summed E-state index contributed by atoms with van der Waals surface area (Å²) < 4.78 is 1.12. The summed E-state index contributed by atoms with van der Waals surface area (Å²) in [6.07, 6.45) is 1.26. The molecule has 1 unspecified atom stereocenters. The van der Waals surface area contributed by atoms with E-state index in [2.05, 4.69) is 58.2 Å². The first-order valence-electron chi connectivity index (χ1n) is 7.56. The van der Waals surface area contributed by atoms with Crippen LogP contribution < -0.4 is 10.2 Å². The summed E-state index contributed by atoms with van der Waals surface area (Å²) in [5.74, 6) is 0.741. The van der Waals surface area contributed by atoms with Crippen LogP contribution in [-0.4, -0.2) is 31.7 Å². The Morgan fingerprint density at radius 1 is 1.38 bits per heavy atom. The number of nitrogens with zero attached hydrogens (tertiary/aromatic N) is 2. The Hall–Kier alpha value is -1.13. The molecule has 3 nitrogen and oxygen atoms in total. The van der Waals surface area contributed by atoms with Gasteiger partial charge in [0.25, 0.3) is 0 Å². The molecule has 3 rings (SSSR count). The van der Waals surface area contributed by atoms with E-state index in [1.54, 1.807) is 0 Å². The number of hydrogen-bond acceptors (Lipinski definition) is 3. The average Bonchev–Trinajstić information content (AvgIpc) is 2.89. The van der Waals surface area contributed by atoms with Crippen molar-refractivity contribution >= 4 is 32.5 Å². The Morgan fingerprint density at radius 2 is 2.19 bits per heavy atom. The lowest BCUT2D eigenvalue weighted by atomic mass is 10.1. The molecule has 1 fully saturated rings. The molecule has 112 valence electrons. The molecule has 2 aromatic rings. The molecule has 0 aliphatic carbocycles. The minimum Gasteiger partial charge on any atom is -0.370 e. The van der Waals surface area contributed by atoms with Gasteiger partial charge in [-0.05, 0) is 63.5 Å². The highest BCUT2D eigenvalue weighted by molar-refractivity contribution is 9.10. The molecule has 0 saturated carbocycles. The van der Waals surface area contributed by atoms with Crippen LogP contribution in [0.4, 0.5) is 5.69 Å². The predicted molar refractivity (Wildman–Crippen MR) is 93.2 cm³/mol. The van der Waals surface area contributed by atoms with Crippen LogP contribution in [0.2, 0.25) is 0 Å². The summed E-state index contributed by atoms with van der Waals surface area (Å²) in [6.45, 7) is 7.68. The van der Waals surface area contributed by atoms with E-state index >= 15 is 0 Å². The summed E-state index contributed by atoms with van der Waals surface area (Å²) in [7, 11) is 2.04. The monoisotopic (exact) mass is 347 g/mol. The number of nitrogens with one attached hydrogen (secondary N) is 1. The van der Waals surface area contributed by atoms with Gasteiger partial charge in [0.2, 0.25) is 0 Å². The molecular weight excluding hydrogens is 326 g/mol. The summed E-state index contributed by atoms with van der Waals surface area (Å²) in [5, 5.41) is 4.57. The van der Waals surface area contributed by atoms with E-state index in [9.17, 15) is 0 Å². The smallest absolute Gasteiger partial charge is 0.0727 e. The normalized spacial score (nSPS) is 18.7. The second-order valence-corrected chi connectivity index (χ2v) is 6.91. The van der Waals surface area contributed by atoms with Gasteiger partial charge in [0, 0.05) is 28.6 Å². The SMILES string of the molecule is CNCC1CCN(c2c(C)c(C)nc3ccc(Br)cc23)C1. The molecule has 0 bridgehead atoms. The van der Waals surface area contributed by atoms with Crippen LogP contribution in [0.3, 0.4) is 0 Å². The molecule has 1 aromatic carbocycles. The fourth-order valence-corrected chi connectivity index (χ4v) is 3.69. The second-order valence-electron chi connectivity index (χ2n) is 5.99. The lowest BCUT2D eigenvalue weighted by Gasteiger charge is -2.24. The van der Waals surface area contributed by atoms with E-state index in [1.165, 1.54) is 23.1 Å². The average molecular weight is 348 g/mol. The van der Waals surface area contributed by atoms with Crippen molar-refractivity contribution in [1.29, 1.82) is 0 Å². The topological polar surface area (TPSA) is 28.2 Å². The van der Waals surface area contributed by atoms with Gasteiger partial charge in [-0.15, -0.1) is 0 Å². The van der Waals surface area contributed by atoms with Crippen molar-refractivity contribution < 1.29 is 0 Å². The van der Waals surface area contributed by atoms with E-state index in [0.717, 1.165) is 41.2 Å². The number of aromatic nitrogens is 1. The third-order valence-corrected chi connectivity index (χ3v) is 4.99. The number of halogens is 1. The third-order valence-electron chi connectivity index (χ3n) is 4.49. The summed E-state index contributed by atoms with van der Waals surface area (Å²) in [6, 6.07) is 6.38. The van der Waals surface area contributed by atoms with Gasteiger partial charge in [0.05, 0.1) is 11.2 Å². The molecule has 4 heteroatoms. The molecule has 0 radical (unpaired) electrons. The second kappa shape index (κ2) is 5.93. The van der Waals surface area contributed by atoms with E-state index < -0.39 is 0 Å². The van der Waals surface area contributed by atoms with Crippen LogP contribution in [0.25, 0.3) is 10.9 Å². The van der Waals surface area contributed by atoms with Crippen LogP contribution in [0.1, 0.15) is 17.7 Å². The summed E-state index contributed by atoms with van der Waals surface area (Å²) >= 11 is 3.60. The van der Waals surface area contributed by atoms with Gasteiger partial charge in [-0.2, -0.15) is 0 Å². The van der Waals surface area contributed by atoms with Crippen molar-refractivity contribution in [2.45, 2.75) is 20.3 Å². The largest absolute Gasteiger partial charge is 0.370 e. The zero-order chi connectivity index (χ0) is 15.0. The highest BCUT2D eigenvalue weighted by Crippen LogP contribution is 2.35. The number of anilines is 1. The predicted octanol–water partition coefficient (Wildman–Crippen LogP) is 3.66. The molecule has 21 heavy (non-hydrogen) atoms. The van der Waals surface area contributed by atoms with E-state index in [1.807, 2.05) is 7.05 Å². The number of fused-ring (bicyclic) bond motifs is 1. The number of rotatable bonds is 3. The first-order valence-corrected chi connectivity index (χ1v) is 8.35.